The van der Waals surface area contributed by atoms with E-state index in [1.807, 2.05) is 0 Å². The van der Waals surface area contributed by atoms with E-state index in [4.69, 9.17) is 11.6 Å². The van der Waals surface area contributed by atoms with Crippen LogP contribution in [0.1, 0.15) is 23.2 Å². The van der Waals surface area contributed by atoms with E-state index in [-0.39, 0.29) is 29.7 Å². The van der Waals surface area contributed by atoms with Crippen LogP contribution in [0.4, 0.5) is 13.2 Å². The van der Waals surface area contributed by atoms with Crippen molar-refractivity contribution in [1.82, 2.24) is 4.90 Å². The molecule has 1 amide bonds. The number of amides is 1. The maximum absolute atomic E-state index is 12.9. The number of alkyl halides is 3. The summed E-state index contributed by atoms with van der Waals surface area (Å²) < 4.78 is 91.3. The molecule has 3 rings (SSSR count). The van der Waals surface area contributed by atoms with Gasteiger partial charge in [-0.3, -0.25) is 4.79 Å². The van der Waals surface area contributed by atoms with Gasteiger partial charge in [-0.2, -0.15) is 0 Å². The molecular formula is C21H21ClF3NO6S2. The van der Waals surface area contributed by atoms with Crippen LogP contribution in [0.5, 0.6) is 5.75 Å². The predicted molar refractivity (Wildman–Crippen MR) is 118 cm³/mol. The van der Waals surface area contributed by atoms with E-state index in [0.29, 0.717) is 23.9 Å². The van der Waals surface area contributed by atoms with E-state index in [0.717, 1.165) is 18.4 Å². The molecule has 0 N–H and O–H groups in total. The van der Waals surface area contributed by atoms with Crippen molar-refractivity contribution in [2.24, 2.45) is 5.92 Å². The Balaban J connectivity index is 1.74. The number of piperidine rings is 1. The molecule has 2 aromatic rings. The van der Waals surface area contributed by atoms with Crippen LogP contribution in [-0.4, -0.2) is 59.1 Å². The van der Waals surface area contributed by atoms with Gasteiger partial charge in [-0.1, -0.05) is 17.7 Å². The first-order chi connectivity index (χ1) is 15.7. The van der Waals surface area contributed by atoms with E-state index in [2.05, 4.69) is 4.74 Å². The average molecular weight is 540 g/mol. The number of halogens is 4. The van der Waals surface area contributed by atoms with Crippen LogP contribution < -0.4 is 4.74 Å². The van der Waals surface area contributed by atoms with Gasteiger partial charge in [0.25, 0.3) is 5.91 Å². The first-order valence-corrected chi connectivity index (χ1v) is 14.0. The number of ether oxygens (including phenoxy) is 1. The lowest BCUT2D eigenvalue weighted by Crippen LogP contribution is -2.40. The first-order valence-electron chi connectivity index (χ1n) is 10.0. The fourth-order valence-electron chi connectivity index (χ4n) is 3.66. The van der Waals surface area contributed by atoms with Crippen molar-refractivity contribution >= 4 is 37.2 Å². The van der Waals surface area contributed by atoms with Gasteiger partial charge in [0.2, 0.25) is 0 Å². The molecule has 0 spiro atoms. The van der Waals surface area contributed by atoms with Crippen molar-refractivity contribution in [1.29, 1.82) is 0 Å². The van der Waals surface area contributed by atoms with Crippen molar-refractivity contribution < 1.29 is 39.5 Å². The lowest BCUT2D eigenvalue weighted by atomic mass is 9.98. The van der Waals surface area contributed by atoms with Gasteiger partial charge >= 0.3 is 6.36 Å². The van der Waals surface area contributed by atoms with Gasteiger partial charge in [0.05, 0.1) is 21.1 Å². The van der Waals surface area contributed by atoms with Gasteiger partial charge in [0, 0.05) is 24.4 Å². The van der Waals surface area contributed by atoms with Crippen LogP contribution >= 0.6 is 11.6 Å². The van der Waals surface area contributed by atoms with Crippen LogP contribution in [0, 0.1) is 5.92 Å². The van der Waals surface area contributed by atoms with Gasteiger partial charge in [-0.05, 0) is 55.2 Å². The Morgan fingerprint density at radius 2 is 1.71 bits per heavy atom. The SMILES string of the molecule is CS(=O)(=O)c1ccc(C(=O)N2CCC(CS(=O)(=O)c3cccc(Cl)c3)CC2)c(OC(F)(F)F)c1. The zero-order valence-electron chi connectivity index (χ0n) is 17.9. The van der Waals surface area contributed by atoms with E-state index in [1.165, 1.54) is 23.1 Å². The Morgan fingerprint density at radius 1 is 1.06 bits per heavy atom. The Kier molecular flexibility index (Phi) is 7.54. The highest BCUT2D eigenvalue weighted by atomic mass is 35.5. The predicted octanol–water partition coefficient (Wildman–Crippen LogP) is 3.97. The summed E-state index contributed by atoms with van der Waals surface area (Å²) in [6.45, 7) is 0.238. The molecule has 2 aromatic carbocycles. The highest BCUT2D eigenvalue weighted by Crippen LogP contribution is 2.31. The zero-order valence-corrected chi connectivity index (χ0v) is 20.3. The maximum Gasteiger partial charge on any atom is 0.573 e. The highest BCUT2D eigenvalue weighted by Gasteiger charge is 2.35. The zero-order chi connectivity index (χ0) is 25.3. The number of carbonyl (C=O) groups excluding carboxylic acids is 1. The quantitative estimate of drug-likeness (QED) is 0.551. The Morgan fingerprint density at radius 3 is 2.26 bits per heavy atom. The summed E-state index contributed by atoms with van der Waals surface area (Å²) >= 11 is 5.87. The second-order valence-corrected chi connectivity index (χ2v) is 12.4. The minimum atomic E-state index is -5.13. The van der Waals surface area contributed by atoms with Crippen molar-refractivity contribution in [3.05, 3.63) is 53.1 Å². The summed E-state index contributed by atoms with van der Waals surface area (Å²) in [5, 5.41) is 0.292. The number of hydrogen-bond acceptors (Lipinski definition) is 6. The summed E-state index contributed by atoms with van der Waals surface area (Å²) in [6, 6.07) is 8.59. The molecule has 0 unspecified atom stereocenters. The summed E-state index contributed by atoms with van der Waals surface area (Å²) in [5.74, 6) is -2.09. The van der Waals surface area contributed by atoms with Crippen molar-refractivity contribution in [2.75, 3.05) is 25.1 Å². The van der Waals surface area contributed by atoms with Crippen molar-refractivity contribution in [2.45, 2.75) is 29.0 Å². The molecule has 7 nitrogen and oxygen atoms in total. The maximum atomic E-state index is 12.9. The molecule has 0 aliphatic carbocycles. The third-order valence-corrected chi connectivity index (χ3v) is 8.58. The Hall–Kier alpha value is -2.31. The average Bonchev–Trinajstić information content (AvgIpc) is 2.72. The van der Waals surface area contributed by atoms with Gasteiger partial charge in [-0.15, -0.1) is 13.2 Å². The van der Waals surface area contributed by atoms with Gasteiger partial charge in [-0.25, -0.2) is 16.8 Å². The van der Waals surface area contributed by atoms with E-state index < -0.39 is 48.2 Å². The highest BCUT2D eigenvalue weighted by molar-refractivity contribution is 7.91. The summed E-state index contributed by atoms with van der Waals surface area (Å²) in [4.78, 5) is 13.9. The fourth-order valence-corrected chi connectivity index (χ4v) is 6.29. The number of likely N-dealkylation sites (tertiary alicyclic amines) is 1. The molecule has 0 atom stereocenters. The summed E-state index contributed by atoms with van der Waals surface area (Å²) in [5.41, 5.74) is -0.435. The molecule has 1 heterocycles. The topological polar surface area (TPSA) is 97.8 Å². The van der Waals surface area contributed by atoms with Crippen LogP contribution in [0.3, 0.4) is 0 Å². The van der Waals surface area contributed by atoms with Gasteiger partial charge in [0.1, 0.15) is 5.75 Å². The minimum Gasteiger partial charge on any atom is -0.405 e. The summed E-state index contributed by atoms with van der Waals surface area (Å²) in [7, 11) is -7.44. The van der Waals surface area contributed by atoms with Crippen molar-refractivity contribution in [3.8, 4) is 5.75 Å². The minimum absolute atomic E-state index is 0.0958. The summed E-state index contributed by atoms with van der Waals surface area (Å²) in [6.07, 6.45) is -3.67. The molecule has 186 valence electrons. The third-order valence-electron chi connectivity index (χ3n) is 5.35. The number of carbonyl (C=O) groups is 1. The van der Waals surface area contributed by atoms with E-state index in [1.54, 1.807) is 6.07 Å². The number of benzene rings is 2. The Bertz CT molecular complexity index is 1290. The van der Waals surface area contributed by atoms with Crippen LogP contribution in [0.25, 0.3) is 0 Å². The third kappa shape index (κ3) is 6.63. The van der Waals surface area contributed by atoms with Crippen LogP contribution in [-0.2, 0) is 19.7 Å². The number of sulfone groups is 2. The largest absolute Gasteiger partial charge is 0.573 e. The molecule has 34 heavy (non-hydrogen) atoms. The molecule has 0 saturated carbocycles. The molecule has 0 bridgehead atoms. The Labute approximate surface area is 200 Å². The monoisotopic (exact) mass is 539 g/mol. The molecule has 1 saturated heterocycles. The number of rotatable bonds is 6. The fraction of sp³-hybridized carbons (Fsp3) is 0.381. The molecule has 0 aromatic heterocycles. The standard InChI is InChI=1S/C21H21ClF3NO6S2/c1-33(28,29)16-5-6-18(19(12-16)32-21(23,24)25)20(27)26-9-7-14(8-10-26)13-34(30,31)17-4-2-3-15(22)11-17/h2-6,11-12,14H,7-10,13H2,1H3. The lowest BCUT2D eigenvalue weighted by molar-refractivity contribution is -0.274. The first kappa shape index (κ1) is 26.3. The smallest absolute Gasteiger partial charge is 0.405 e. The second kappa shape index (κ2) is 9.74. The molecule has 1 fully saturated rings. The van der Waals surface area contributed by atoms with Crippen molar-refractivity contribution in [3.63, 3.8) is 0 Å². The second-order valence-electron chi connectivity index (χ2n) is 7.95. The molecular weight excluding hydrogens is 519 g/mol. The molecule has 1 aliphatic rings. The van der Waals surface area contributed by atoms with Crippen LogP contribution in [0.2, 0.25) is 5.02 Å². The lowest BCUT2D eigenvalue weighted by Gasteiger charge is -2.32. The van der Waals surface area contributed by atoms with Crippen LogP contribution in [0.15, 0.2) is 52.3 Å². The molecule has 0 radical (unpaired) electrons. The van der Waals surface area contributed by atoms with Gasteiger partial charge < -0.3 is 9.64 Å². The normalized spacial score (nSPS) is 15.9. The number of nitrogens with zero attached hydrogens (tertiary/aromatic N) is 1. The number of hydrogen-bond donors (Lipinski definition) is 0. The molecule has 1 aliphatic heterocycles. The van der Waals surface area contributed by atoms with Gasteiger partial charge in [0.15, 0.2) is 19.7 Å². The van der Waals surface area contributed by atoms with E-state index >= 15 is 0 Å². The molecule has 13 heteroatoms. The van der Waals surface area contributed by atoms with E-state index in [9.17, 15) is 34.8 Å².